The molecule has 17 heavy (non-hydrogen) atoms. The minimum atomic E-state index is -0.512. The second-order valence-electron chi connectivity index (χ2n) is 3.47. The fourth-order valence-corrected chi connectivity index (χ4v) is 2.16. The molecule has 0 aliphatic carbocycles. The van der Waals surface area contributed by atoms with Crippen molar-refractivity contribution in [1.29, 1.82) is 0 Å². The van der Waals surface area contributed by atoms with Crippen LogP contribution in [0.4, 0.5) is 10.5 Å². The van der Waals surface area contributed by atoms with Gasteiger partial charge in [-0.15, -0.1) is 0 Å². The number of hydrogen-bond donors (Lipinski definition) is 1. The predicted molar refractivity (Wildman–Crippen MR) is 67.0 cm³/mol. The van der Waals surface area contributed by atoms with Gasteiger partial charge >= 0.3 is 6.03 Å². The van der Waals surface area contributed by atoms with Crippen LogP contribution in [0, 0.1) is 0 Å². The molecule has 1 fully saturated rings. The van der Waals surface area contributed by atoms with Crippen LogP contribution < -0.4 is 10.2 Å². The molecule has 1 saturated heterocycles. The van der Waals surface area contributed by atoms with Crippen LogP contribution in [0.3, 0.4) is 0 Å². The van der Waals surface area contributed by atoms with Gasteiger partial charge < -0.3 is 0 Å². The lowest BCUT2D eigenvalue weighted by Gasteiger charge is -2.27. The molecule has 0 bridgehead atoms. The molecule has 0 unspecified atom stereocenters. The number of amides is 3. The molecule has 0 saturated carbocycles. The molecule has 1 N–H and O–H groups in total. The fourth-order valence-electron chi connectivity index (χ4n) is 1.51. The normalized spacial score (nSPS) is 16.1. The Morgan fingerprint density at radius 2 is 1.71 bits per heavy atom. The van der Waals surface area contributed by atoms with E-state index in [2.05, 4.69) is 5.32 Å². The van der Waals surface area contributed by atoms with E-state index < -0.39 is 6.03 Å². The zero-order chi connectivity index (χ0) is 12.6. The van der Waals surface area contributed by atoms with Crippen LogP contribution in [0.2, 0.25) is 15.1 Å². The third-order valence-corrected chi connectivity index (χ3v) is 3.36. The molecule has 4 nitrogen and oxygen atoms in total. The van der Waals surface area contributed by atoms with E-state index >= 15 is 0 Å². The number of hydrogen-bond acceptors (Lipinski definition) is 2. The lowest BCUT2D eigenvalue weighted by Crippen LogP contribution is -2.49. The number of anilines is 1. The van der Waals surface area contributed by atoms with Gasteiger partial charge in [-0.1, -0.05) is 34.8 Å². The molecule has 0 atom stereocenters. The first-order valence-electron chi connectivity index (χ1n) is 4.75. The zero-order valence-corrected chi connectivity index (χ0v) is 10.7. The van der Waals surface area contributed by atoms with Gasteiger partial charge in [0.05, 0.1) is 20.8 Å². The van der Waals surface area contributed by atoms with Crippen LogP contribution in [0.15, 0.2) is 12.1 Å². The van der Waals surface area contributed by atoms with E-state index in [1.807, 2.05) is 0 Å². The maximum atomic E-state index is 11.6. The molecule has 0 spiro atoms. The molecule has 1 aromatic carbocycles. The number of carbonyl (C=O) groups is 2. The van der Waals surface area contributed by atoms with Crippen LogP contribution in [-0.2, 0) is 4.79 Å². The van der Waals surface area contributed by atoms with Crippen molar-refractivity contribution in [2.24, 2.45) is 0 Å². The predicted octanol–water partition coefficient (Wildman–Crippen LogP) is 3.09. The van der Waals surface area contributed by atoms with Crippen LogP contribution in [0.25, 0.3) is 0 Å². The van der Waals surface area contributed by atoms with E-state index in [0.717, 1.165) is 0 Å². The highest BCUT2D eigenvalue weighted by atomic mass is 35.5. The summed E-state index contributed by atoms with van der Waals surface area (Å²) >= 11 is 17.6. The number of halogens is 3. The SMILES string of the molecule is O=C1CCN(c2cc(Cl)c(Cl)cc2Cl)C(=O)N1. The van der Waals surface area contributed by atoms with Crippen molar-refractivity contribution < 1.29 is 9.59 Å². The quantitative estimate of drug-likeness (QED) is 0.809. The largest absolute Gasteiger partial charge is 0.328 e. The third-order valence-electron chi connectivity index (χ3n) is 2.33. The van der Waals surface area contributed by atoms with Crippen LogP contribution in [0.1, 0.15) is 6.42 Å². The van der Waals surface area contributed by atoms with Crippen LogP contribution in [-0.4, -0.2) is 18.5 Å². The molecule has 0 aromatic heterocycles. The lowest BCUT2D eigenvalue weighted by atomic mass is 10.2. The average molecular weight is 294 g/mol. The van der Waals surface area contributed by atoms with E-state index in [4.69, 9.17) is 34.8 Å². The van der Waals surface area contributed by atoms with E-state index in [-0.39, 0.29) is 18.9 Å². The first-order valence-corrected chi connectivity index (χ1v) is 5.88. The molecule has 2 rings (SSSR count). The molecule has 1 heterocycles. The summed E-state index contributed by atoms with van der Waals surface area (Å²) in [4.78, 5) is 24.0. The molecule has 90 valence electrons. The van der Waals surface area contributed by atoms with Gasteiger partial charge in [-0.2, -0.15) is 0 Å². The Balaban J connectivity index is 2.37. The zero-order valence-electron chi connectivity index (χ0n) is 8.47. The molecular formula is C10H7Cl3N2O2. The smallest absolute Gasteiger partial charge is 0.292 e. The third kappa shape index (κ3) is 2.49. The summed E-state index contributed by atoms with van der Waals surface area (Å²) < 4.78 is 0. The first-order chi connectivity index (χ1) is 7.99. The number of imide groups is 1. The van der Waals surface area contributed by atoms with Gasteiger partial charge in [-0.25, -0.2) is 4.79 Å². The molecule has 7 heteroatoms. The monoisotopic (exact) mass is 292 g/mol. The van der Waals surface area contributed by atoms with E-state index in [1.165, 1.54) is 17.0 Å². The maximum Gasteiger partial charge on any atom is 0.328 e. The van der Waals surface area contributed by atoms with Gasteiger partial charge in [-0.3, -0.25) is 15.0 Å². The molecule has 1 aliphatic rings. The van der Waals surface area contributed by atoms with Crippen molar-refractivity contribution in [3.63, 3.8) is 0 Å². The summed E-state index contributed by atoms with van der Waals surface area (Å²) in [6, 6.07) is 2.45. The highest BCUT2D eigenvalue weighted by Gasteiger charge is 2.26. The van der Waals surface area contributed by atoms with E-state index in [1.54, 1.807) is 0 Å². The number of urea groups is 1. The summed E-state index contributed by atoms with van der Waals surface area (Å²) in [6.07, 6.45) is 0.225. The molecular weight excluding hydrogens is 286 g/mol. The average Bonchev–Trinajstić information content (AvgIpc) is 2.24. The van der Waals surface area contributed by atoms with Crippen molar-refractivity contribution in [3.8, 4) is 0 Å². The Labute approximate surface area is 112 Å². The Morgan fingerprint density at radius 3 is 2.35 bits per heavy atom. The number of nitrogens with zero attached hydrogens (tertiary/aromatic N) is 1. The maximum absolute atomic E-state index is 11.6. The summed E-state index contributed by atoms with van der Waals surface area (Å²) in [5.74, 6) is -0.303. The second-order valence-corrected chi connectivity index (χ2v) is 4.69. The van der Waals surface area contributed by atoms with Crippen LogP contribution >= 0.6 is 34.8 Å². The Kier molecular flexibility index (Phi) is 3.47. The van der Waals surface area contributed by atoms with Crippen molar-refractivity contribution >= 4 is 52.4 Å². The van der Waals surface area contributed by atoms with Gasteiger partial charge in [0, 0.05) is 13.0 Å². The first kappa shape index (κ1) is 12.5. The highest BCUT2D eigenvalue weighted by molar-refractivity contribution is 6.44. The number of rotatable bonds is 1. The molecule has 3 amide bonds. The van der Waals surface area contributed by atoms with Gasteiger partial charge in [0.15, 0.2) is 0 Å². The number of benzene rings is 1. The number of nitrogens with one attached hydrogen (secondary N) is 1. The van der Waals surface area contributed by atoms with Gasteiger partial charge in [0.1, 0.15) is 0 Å². The Morgan fingerprint density at radius 1 is 1.06 bits per heavy atom. The summed E-state index contributed by atoms with van der Waals surface area (Å²) in [5, 5.41) is 3.13. The van der Waals surface area contributed by atoms with Crippen molar-refractivity contribution in [1.82, 2.24) is 5.32 Å². The second kappa shape index (κ2) is 4.72. The highest BCUT2D eigenvalue weighted by Crippen LogP contribution is 2.35. The summed E-state index contributed by atoms with van der Waals surface area (Å²) in [5.41, 5.74) is 0.436. The number of carbonyl (C=O) groups excluding carboxylic acids is 2. The Hall–Kier alpha value is -0.970. The van der Waals surface area contributed by atoms with Crippen LogP contribution in [0.5, 0.6) is 0 Å². The summed E-state index contributed by atoms with van der Waals surface area (Å²) in [7, 11) is 0. The van der Waals surface area contributed by atoms with Crippen molar-refractivity contribution in [3.05, 3.63) is 27.2 Å². The van der Waals surface area contributed by atoms with Crippen molar-refractivity contribution in [2.45, 2.75) is 6.42 Å². The fraction of sp³-hybridized carbons (Fsp3) is 0.200. The topological polar surface area (TPSA) is 49.4 Å². The summed E-state index contributed by atoms with van der Waals surface area (Å²) in [6.45, 7) is 0.266. The van der Waals surface area contributed by atoms with Gasteiger partial charge in [0.25, 0.3) is 0 Å². The molecule has 0 radical (unpaired) electrons. The molecule has 1 aliphatic heterocycles. The van der Waals surface area contributed by atoms with E-state index in [9.17, 15) is 9.59 Å². The lowest BCUT2D eigenvalue weighted by molar-refractivity contribution is -0.120. The standard InChI is InChI=1S/C10H7Cl3N2O2/c11-5-3-7(13)8(4-6(5)12)15-2-1-9(16)14-10(15)17/h3-4H,1-2H2,(H,14,16,17). The van der Waals surface area contributed by atoms with Crippen molar-refractivity contribution in [2.75, 3.05) is 11.4 Å². The minimum absolute atomic E-state index is 0.225. The van der Waals surface area contributed by atoms with E-state index in [0.29, 0.717) is 20.8 Å². The van der Waals surface area contributed by atoms with Gasteiger partial charge in [-0.05, 0) is 12.1 Å². The Bertz CT molecular complexity index is 505. The van der Waals surface area contributed by atoms with Gasteiger partial charge in [0.2, 0.25) is 5.91 Å². The molecule has 1 aromatic rings. The minimum Gasteiger partial charge on any atom is -0.292 e.